The maximum atomic E-state index is 11.3. The number of ketones is 1. The zero-order valence-corrected chi connectivity index (χ0v) is 10.6. The van der Waals surface area contributed by atoms with Crippen LogP contribution in [0.5, 0.6) is 0 Å². The van der Waals surface area contributed by atoms with E-state index in [1.807, 2.05) is 6.92 Å². The molecule has 1 rings (SSSR count). The van der Waals surface area contributed by atoms with E-state index in [4.69, 9.17) is 27.9 Å². The van der Waals surface area contributed by atoms with Crippen molar-refractivity contribution in [2.75, 3.05) is 0 Å². The van der Waals surface area contributed by atoms with E-state index in [9.17, 15) is 9.59 Å². The first-order chi connectivity index (χ1) is 7.44. The average molecular weight is 263 g/mol. The molecule has 16 heavy (non-hydrogen) atoms. The smallest absolute Gasteiger partial charge is 0.306 e. The number of halogens is 2. The number of hydrogen-bond donors (Lipinski definition) is 0. The van der Waals surface area contributed by atoms with E-state index in [0.717, 1.165) is 0 Å². The van der Waals surface area contributed by atoms with E-state index in [0.29, 0.717) is 6.42 Å². The van der Waals surface area contributed by atoms with Gasteiger partial charge in [0, 0.05) is 6.42 Å². The largest absolute Gasteiger partial charge is 0.450 e. The van der Waals surface area contributed by atoms with Gasteiger partial charge in [0.15, 0.2) is 5.60 Å². The minimum Gasteiger partial charge on any atom is -0.450 e. The van der Waals surface area contributed by atoms with Gasteiger partial charge in [-0.05, 0) is 18.6 Å². The zero-order chi connectivity index (χ0) is 12.3. The summed E-state index contributed by atoms with van der Waals surface area (Å²) in [6, 6.07) is 0. The van der Waals surface area contributed by atoms with E-state index < -0.39 is 11.4 Å². The van der Waals surface area contributed by atoms with Crippen LogP contribution >= 0.6 is 23.2 Å². The second-order valence-electron chi connectivity index (χ2n) is 3.45. The van der Waals surface area contributed by atoms with Crippen LogP contribution in [0.25, 0.3) is 0 Å². The maximum Gasteiger partial charge on any atom is 0.306 e. The first kappa shape index (κ1) is 13.3. The molecule has 1 aliphatic carbocycles. The summed E-state index contributed by atoms with van der Waals surface area (Å²) < 4.78 is 5.25. The number of hydrogen-bond acceptors (Lipinski definition) is 3. The van der Waals surface area contributed by atoms with Gasteiger partial charge in [-0.25, -0.2) is 0 Å². The van der Waals surface area contributed by atoms with Crippen LogP contribution in [0.15, 0.2) is 22.2 Å². The first-order valence-corrected chi connectivity index (χ1v) is 5.73. The van der Waals surface area contributed by atoms with Crippen molar-refractivity contribution in [2.45, 2.75) is 32.3 Å². The standard InChI is InChI=1S/C11H12Cl2O3/c1-3-9(14)16-11(4-2)5-7(12)10(15)8(13)6-11/h5-6H,3-4H2,1-2H3. The molecule has 0 bridgehead atoms. The van der Waals surface area contributed by atoms with Crippen LogP contribution < -0.4 is 0 Å². The third kappa shape index (κ3) is 2.66. The molecule has 0 atom stereocenters. The normalized spacial score (nSPS) is 18.9. The molecule has 0 saturated carbocycles. The Bertz CT molecular complexity index is 361. The molecule has 0 aromatic rings. The second-order valence-corrected chi connectivity index (χ2v) is 4.26. The molecule has 0 radical (unpaired) electrons. The fourth-order valence-electron chi connectivity index (χ4n) is 1.34. The van der Waals surface area contributed by atoms with Crippen molar-refractivity contribution in [3.05, 3.63) is 22.2 Å². The number of carbonyl (C=O) groups is 2. The molecule has 0 saturated heterocycles. The van der Waals surface area contributed by atoms with Crippen LogP contribution in [0.3, 0.4) is 0 Å². The summed E-state index contributed by atoms with van der Waals surface area (Å²) >= 11 is 11.5. The lowest BCUT2D eigenvalue weighted by molar-refractivity contribution is -0.151. The van der Waals surface area contributed by atoms with Crippen molar-refractivity contribution in [3.63, 3.8) is 0 Å². The van der Waals surface area contributed by atoms with Crippen LogP contribution in [0.2, 0.25) is 0 Å². The summed E-state index contributed by atoms with van der Waals surface area (Å²) in [5.41, 5.74) is -0.991. The topological polar surface area (TPSA) is 43.4 Å². The summed E-state index contributed by atoms with van der Waals surface area (Å²) in [5, 5.41) is -0.0310. The molecule has 0 spiro atoms. The third-order valence-electron chi connectivity index (χ3n) is 2.32. The summed E-state index contributed by atoms with van der Waals surface area (Å²) in [4.78, 5) is 22.6. The Hall–Kier alpha value is -0.800. The molecule has 0 aromatic heterocycles. The highest BCUT2D eigenvalue weighted by Crippen LogP contribution is 2.32. The molecule has 3 nitrogen and oxygen atoms in total. The average Bonchev–Trinajstić information content (AvgIpc) is 2.25. The summed E-state index contributed by atoms with van der Waals surface area (Å²) in [5.74, 6) is -0.808. The van der Waals surface area contributed by atoms with Crippen LogP contribution in [-0.4, -0.2) is 17.4 Å². The van der Waals surface area contributed by atoms with Crippen molar-refractivity contribution < 1.29 is 14.3 Å². The van der Waals surface area contributed by atoms with E-state index >= 15 is 0 Å². The molecule has 0 amide bonds. The predicted molar refractivity (Wildman–Crippen MR) is 62.3 cm³/mol. The number of esters is 1. The molecule has 0 heterocycles. The predicted octanol–water partition coefficient (Wildman–Crippen LogP) is 2.92. The lowest BCUT2D eigenvalue weighted by Gasteiger charge is -2.29. The molecule has 0 fully saturated rings. The van der Waals surface area contributed by atoms with Gasteiger partial charge in [0.2, 0.25) is 5.78 Å². The van der Waals surface area contributed by atoms with Gasteiger partial charge in [-0.3, -0.25) is 9.59 Å². The monoisotopic (exact) mass is 262 g/mol. The fraction of sp³-hybridized carbons (Fsp3) is 0.455. The third-order valence-corrected chi connectivity index (χ3v) is 2.88. The van der Waals surface area contributed by atoms with Crippen LogP contribution in [0, 0.1) is 0 Å². The maximum absolute atomic E-state index is 11.3. The second kappa shape index (κ2) is 5.02. The Morgan fingerprint density at radius 2 is 1.81 bits per heavy atom. The number of rotatable bonds is 3. The summed E-state index contributed by atoms with van der Waals surface area (Å²) in [6.45, 7) is 3.51. The molecule has 0 N–H and O–H groups in total. The number of ether oxygens (including phenoxy) is 1. The van der Waals surface area contributed by atoms with Gasteiger partial charge in [-0.2, -0.15) is 0 Å². The highest BCUT2D eigenvalue weighted by Gasteiger charge is 2.34. The highest BCUT2D eigenvalue weighted by molar-refractivity contribution is 6.55. The SMILES string of the molecule is CCC(=O)OC1(CC)C=C(Cl)C(=O)C(Cl)=C1. The minimum atomic E-state index is -0.991. The Labute approximate surface area is 104 Å². The summed E-state index contributed by atoms with van der Waals surface area (Å²) in [7, 11) is 0. The fourth-order valence-corrected chi connectivity index (χ4v) is 1.96. The van der Waals surface area contributed by atoms with E-state index in [-0.39, 0.29) is 22.5 Å². The molecule has 1 aliphatic rings. The molecular weight excluding hydrogens is 251 g/mol. The Balaban J connectivity index is 3.05. The molecular formula is C11H12Cl2O3. The minimum absolute atomic E-state index is 0.0155. The van der Waals surface area contributed by atoms with E-state index in [1.165, 1.54) is 12.2 Å². The van der Waals surface area contributed by atoms with E-state index in [1.54, 1.807) is 6.92 Å². The Kier molecular flexibility index (Phi) is 4.16. The molecule has 0 aliphatic heterocycles. The number of allylic oxidation sites excluding steroid dienone is 2. The first-order valence-electron chi connectivity index (χ1n) is 4.97. The van der Waals surface area contributed by atoms with Crippen molar-refractivity contribution >= 4 is 35.0 Å². The van der Waals surface area contributed by atoms with Crippen LogP contribution in [-0.2, 0) is 14.3 Å². The van der Waals surface area contributed by atoms with Crippen molar-refractivity contribution in [2.24, 2.45) is 0 Å². The van der Waals surface area contributed by atoms with Crippen LogP contribution in [0.4, 0.5) is 0 Å². The molecule has 5 heteroatoms. The number of carbonyl (C=O) groups excluding carboxylic acids is 2. The van der Waals surface area contributed by atoms with Crippen molar-refractivity contribution in [3.8, 4) is 0 Å². The molecule has 0 aromatic carbocycles. The lowest BCUT2D eigenvalue weighted by Crippen LogP contribution is -2.33. The quantitative estimate of drug-likeness (QED) is 0.735. The Morgan fingerprint density at radius 1 is 1.31 bits per heavy atom. The molecule has 88 valence electrons. The van der Waals surface area contributed by atoms with Crippen LogP contribution in [0.1, 0.15) is 26.7 Å². The van der Waals surface area contributed by atoms with Gasteiger partial charge in [-0.15, -0.1) is 0 Å². The van der Waals surface area contributed by atoms with Gasteiger partial charge in [0.05, 0.1) is 10.1 Å². The van der Waals surface area contributed by atoms with Gasteiger partial charge in [-0.1, -0.05) is 37.0 Å². The Morgan fingerprint density at radius 3 is 2.19 bits per heavy atom. The van der Waals surface area contributed by atoms with Crippen molar-refractivity contribution in [1.82, 2.24) is 0 Å². The lowest BCUT2D eigenvalue weighted by atomic mass is 9.94. The van der Waals surface area contributed by atoms with Gasteiger partial charge < -0.3 is 4.74 Å². The van der Waals surface area contributed by atoms with Gasteiger partial charge >= 0.3 is 5.97 Å². The summed E-state index contributed by atoms with van der Waals surface area (Å²) in [6.07, 6.45) is 3.58. The highest BCUT2D eigenvalue weighted by atomic mass is 35.5. The van der Waals surface area contributed by atoms with Gasteiger partial charge in [0.1, 0.15) is 0 Å². The number of Topliss-reactive ketones (excluding diaryl/α,β-unsaturated/α-hetero) is 1. The zero-order valence-electron chi connectivity index (χ0n) is 9.05. The van der Waals surface area contributed by atoms with Gasteiger partial charge in [0.25, 0.3) is 0 Å². The molecule has 0 unspecified atom stereocenters. The van der Waals surface area contributed by atoms with Crippen molar-refractivity contribution in [1.29, 1.82) is 0 Å². The van der Waals surface area contributed by atoms with E-state index in [2.05, 4.69) is 0 Å².